The van der Waals surface area contributed by atoms with Gasteiger partial charge in [0, 0.05) is 33.2 Å². The fourth-order valence-corrected chi connectivity index (χ4v) is 1.97. The van der Waals surface area contributed by atoms with Gasteiger partial charge < -0.3 is 14.5 Å². The quantitative estimate of drug-likeness (QED) is 0.547. The first-order valence-electron chi connectivity index (χ1n) is 7.57. The maximum atomic E-state index is 9.45. The van der Waals surface area contributed by atoms with Gasteiger partial charge in [-0.15, -0.1) is 0 Å². The van der Waals surface area contributed by atoms with E-state index in [4.69, 9.17) is 16.3 Å². The Balaban J connectivity index is 2.11. The van der Waals surface area contributed by atoms with Crippen LogP contribution in [0.4, 0.5) is 17.8 Å². The maximum Gasteiger partial charge on any atom is 0.245 e. The van der Waals surface area contributed by atoms with Gasteiger partial charge in [0.1, 0.15) is 12.4 Å². The topological polar surface area (TPSA) is 81.4 Å². The van der Waals surface area contributed by atoms with E-state index in [-0.39, 0.29) is 5.95 Å². The lowest BCUT2D eigenvalue weighted by atomic mass is 10.3. The van der Waals surface area contributed by atoms with Crippen LogP contribution in [0, 0.1) is 11.5 Å². The van der Waals surface area contributed by atoms with E-state index >= 15 is 0 Å². The van der Waals surface area contributed by atoms with Crippen molar-refractivity contribution in [3.05, 3.63) is 29.3 Å². The van der Waals surface area contributed by atoms with Crippen LogP contribution >= 0.6 is 11.6 Å². The molecule has 0 saturated heterocycles. The molecule has 0 unspecified atom stereocenters. The lowest BCUT2D eigenvalue weighted by Gasteiger charge is -2.19. The lowest BCUT2D eigenvalue weighted by molar-refractivity contribution is 0.327. The number of benzene rings is 1. The molecule has 9 heteroatoms. The predicted molar refractivity (Wildman–Crippen MR) is 98.4 cm³/mol. The maximum absolute atomic E-state index is 9.45. The summed E-state index contributed by atoms with van der Waals surface area (Å²) in [5, 5.41) is 10.1. The Bertz CT molecular complexity index is 717. The molecule has 0 amide bonds. The molecule has 1 heterocycles. The number of nitrogens with zero attached hydrogens (tertiary/aromatic N) is 7. The third-order valence-corrected chi connectivity index (χ3v) is 3.41. The van der Waals surface area contributed by atoms with E-state index in [9.17, 15) is 5.26 Å². The molecular weight excluding hydrogens is 342 g/mol. The average Bonchev–Trinajstić information content (AvgIpc) is 2.59. The van der Waals surface area contributed by atoms with Crippen molar-refractivity contribution >= 4 is 29.4 Å². The molecule has 2 aromatic rings. The first kappa shape index (κ1) is 18.5. The number of nitriles is 1. The van der Waals surface area contributed by atoms with Gasteiger partial charge in [-0.2, -0.15) is 20.2 Å². The Morgan fingerprint density at radius 1 is 0.960 bits per heavy atom. The van der Waals surface area contributed by atoms with Crippen LogP contribution in [0.2, 0.25) is 5.02 Å². The average molecular weight is 362 g/mol. The van der Waals surface area contributed by atoms with Crippen LogP contribution in [-0.4, -0.2) is 56.3 Å². The molecule has 1 aromatic carbocycles. The Hall–Kier alpha value is -2.79. The summed E-state index contributed by atoms with van der Waals surface area (Å²) in [5.41, 5.74) is 0. The van der Waals surface area contributed by atoms with Gasteiger partial charge >= 0.3 is 0 Å². The summed E-state index contributed by atoms with van der Waals surface area (Å²) >= 11 is 5.84. The summed E-state index contributed by atoms with van der Waals surface area (Å²) in [5.74, 6) is 1.92. The van der Waals surface area contributed by atoms with E-state index in [1.807, 2.05) is 28.2 Å². The standard InChI is InChI=1S/C16H20ClN7O/c1-22(2)14-19-15(23(3)4)21-16(20-14)24(11-18)9-10-25-13-7-5-12(17)6-8-13/h5-8H,9-10H2,1-4H3. The van der Waals surface area contributed by atoms with Crippen molar-refractivity contribution in [2.45, 2.75) is 0 Å². The Morgan fingerprint density at radius 2 is 1.48 bits per heavy atom. The summed E-state index contributed by atoms with van der Waals surface area (Å²) in [7, 11) is 7.33. The minimum absolute atomic E-state index is 0.282. The van der Waals surface area contributed by atoms with E-state index < -0.39 is 0 Å². The zero-order valence-corrected chi connectivity index (χ0v) is 15.4. The van der Waals surface area contributed by atoms with Gasteiger partial charge in [0.05, 0.1) is 6.54 Å². The molecule has 2 rings (SSSR count). The highest BCUT2D eigenvalue weighted by molar-refractivity contribution is 6.30. The fourth-order valence-electron chi connectivity index (χ4n) is 1.84. The first-order valence-corrected chi connectivity index (χ1v) is 7.95. The molecule has 0 aliphatic heterocycles. The lowest BCUT2D eigenvalue weighted by Crippen LogP contribution is -2.27. The smallest absolute Gasteiger partial charge is 0.245 e. The SMILES string of the molecule is CN(C)c1nc(N(C)C)nc(N(C#N)CCOc2ccc(Cl)cc2)n1. The second-order valence-electron chi connectivity index (χ2n) is 5.58. The fraction of sp³-hybridized carbons (Fsp3) is 0.375. The molecule has 8 nitrogen and oxygen atoms in total. The monoisotopic (exact) mass is 361 g/mol. The molecule has 1 aromatic heterocycles. The van der Waals surface area contributed by atoms with Crippen LogP contribution in [0.25, 0.3) is 0 Å². The van der Waals surface area contributed by atoms with E-state index in [1.54, 1.807) is 34.1 Å². The number of hydrogen-bond donors (Lipinski definition) is 0. The second-order valence-corrected chi connectivity index (χ2v) is 6.01. The number of rotatable bonds is 7. The Morgan fingerprint density at radius 3 is 1.96 bits per heavy atom. The van der Waals surface area contributed by atoms with Gasteiger partial charge in [0.25, 0.3) is 0 Å². The van der Waals surface area contributed by atoms with E-state index in [0.717, 1.165) is 0 Å². The normalized spacial score (nSPS) is 10.1. The Labute approximate surface area is 152 Å². The highest BCUT2D eigenvalue weighted by atomic mass is 35.5. The summed E-state index contributed by atoms with van der Waals surface area (Å²) in [6.07, 6.45) is 2.09. The van der Waals surface area contributed by atoms with Crippen molar-refractivity contribution in [3.8, 4) is 11.9 Å². The number of aromatic nitrogens is 3. The van der Waals surface area contributed by atoms with Gasteiger partial charge in [0.2, 0.25) is 17.8 Å². The van der Waals surface area contributed by atoms with E-state index in [1.165, 1.54) is 4.90 Å². The van der Waals surface area contributed by atoms with Crippen molar-refractivity contribution in [3.63, 3.8) is 0 Å². The summed E-state index contributed by atoms with van der Waals surface area (Å²) in [6.45, 7) is 0.609. The molecule has 0 radical (unpaired) electrons. The van der Waals surface area contributed by atoms with Gasteiger partial charge in [-0.3, -0.25) is 0 Å². The van der Waals surface area contributed by atoms with Crippen LogP contribution in [0.3, 0.4) is 0 Å². The van der Waals surface area contributed by atoms with Crippen LogP contribution in [0.15, 0.2) is 24.3 Å². The van der Waals surface area contributed by atoms with Crippen molar-refractivity contribution < 1.29 is 4.74 Å². The minimum atomic E-state index is 0.282. The largest absolute Gasteiger partial charge is 0.492 e. The Kier molecular flexibility index (Phi) is 6.19. The van der Waals surface area contributed by atoms with Crippen LogP contribution in [0.1, 0.15) is 0 Å². The third-order valence-electron chi connectivity index (χ3n) is 3.16. The zero-order chi connectivity index (χ0) is 18.4. The molecule has 25 heavy (non-hydrogen) atoms. The van der Waals surface area contributed by atoms with Crippen molar-refractivity contribution in [2.75, 3.05) is 56.0 Å². The van der Waals surface area contributed by atoms with Crippen LogP contribution < -0.4 is 19.4 Å². The number of halogens is 1. The molecular formula is C16H20ClN7O. The van der Waals surface area contributed by atoms with Crippen LogP contribution in [-0.2, 0) is 0 Å². The van der Waals surface area contributed by atoms with Gasteiger partial charge in [-0.05, 0) is 24.3 Å². The molecule has 0 aliphatic carbocycles. The zero-order valence-electron chi connectivity index (χ0n) is 14.6. The number of hydrogen-bond acceptors (Lipinski definition) is 8. The van der Waals surface area contributed by atoms with Gasteiger partial charge in [-0.1, -0.05) is 11.6 Å². The molecule has 0 saturated carbocycles. The van der Waals surface area contributed by atoms with E-state index in [0.29, 0.717) is 35.8 Å². The van der Waals surface area contributed by atoms with Crippen molar-refractivity contribution in [1.29, 1.82) is 5.26 Å². The van der Waals surface area contributed by atoms with Crippen molar-refractivity contribution in [2.24, 2.45) is 0 Å². The minimum Gasteiger partial charge on any atom is -0.492 e. The van der Waals surface area contributed by atoms with Crippen molar-refractivity contribution in [1.82, 2.24) is 15.0 Å². The second kappa shape index (κ2) is 8.35. The molecule has 0 fully saturated rings. The molecule has 0 N–H and O–H groups in total. The van der Waals surface area contributed by atoms with Gasteiger partial charge in [-0.25, -0.2) is 4.90 Å². The molecule has 0 aliphatic rings. The summed E-state index contributed by atoms with van der Waals surface area (Å²) in [6, 6.07) is 7.04. The number of anilines is 3. The summed E-state index contributed by atoms with van der Waals surface area (Å²) < 4.78 is 5.63. The molecule has 132 valence electrons. The molecule has 0 atom stereocenters. The molecule has 0 bridgehead atoms. The predicted octanol–water partition coefficient (Wildman–Crippen LogP) is 2.02. The van der Waals surface area contributed by atoms with Crippen LogP contribution in [0.5, 0.6) is 5.75 Å². The first-order chi connectivity index (χ1) is 11.9. The third kappa shape index (κ3) is 5.09. The van der Waals surface area contributed by atoms with Gasteiger partial charge in [0.15, 0.2) is 6.19 Å². The highest BCUT2D eigenvalue weighted by Crippen LogP contribution is 2.17. The summed E-state index contributed by atoms with van der Waals surface area (Å²) in [4.78, 5) is 17.9. The molecule has 0 spiro atoms. The van der Waals surface area contributed by atoms with E-state index in [2.05, 4.69) is 21.1 Å². The highest BCUT2D eigenvalue weighted by Gasteiger charge is 2.15. The number of ether oxygens (including phenoxy) is 1.